The van der Waals surface area contributed by atoms with Crippen molar-refractivity contribution in [2.75, 3.05) is 12.5 Å². The Morgan fingerprint density at radius 1 is 1.30 bits per heavy atom. The van der Waals surface area contributed by atoms with Crippen molar-refractivity contribution in [2.45, 2.75) is 13.8 Å². The van der Waals surface area contributed by atoms with Crippen LogP contribution < -0.4 is 5.43 Å². The van der Waals surface area contributed by atoms with Crippen molar-refractivity contribution in [3.63, 3.8) is 0 Å². The van der Waals surface area contributed by atoms with Crippen LogP contribution in [0.15, 0.2) is 39.9 Å². The predicted octanol–water partition coefficient (Wildman–Crippen LogP) is 3.61. The van der Waals surface area contributed by atoms with Crippen molar-refractivity contribution in [1.82, 2.24) is 4.98 Å². The number of aromatic amines is 1. The van der Waals surface area contributed by atoms with Crippen molar-refractivity contribution in [3.05, 3.63) is 52.9 Å². The number of anilines is 1. The highest BCUT2D eigenvalue weighted by atomic mass is 16.5. The van der Waals surface area contributed by atoms with Gasteiger partial charge in [0, 0.05) is 5.39 Å². The Bertz CT molecular complexity index is 838. The van der Waals surface area contributed by atoms with E-state index in [9.17, 15) is 4.79 Å². The molecule has 3 rings (SSSR count). The summed E-state index contributed by atoms with van der Waals surface area (Å²) in [4.78, 5) is 14.3. The van der Waals surface area contributed by atoms with E-state index in [1.165, 1.54) is 7.11 Å². The van der Waals surface area contributed by atoms with E-state index < -0.39 is 5.97 Å². The van der Waals surface area contributed by atoms with E-state index in [-0.39, 0.29) is 0 Å². The number of benzene rings is 1. The van der Waals surface area contributed by atoms with Gasteiger partial charge < -0.3 is 14.1 Å². The van der Waals surface area contributed by atoms with Crippen molar-refractivity contribution in [2.24, 2.45) is 5.10 Å². The van der Waals surface area contributed by atoms with E-state index in [0.29, 0.717) is 17.2 Å². The van der Waals surface area contributed by atoms with Crippen LogP contribution in [0, 0.1) is 13.8 Å². The molecule has 0 aliphatic heterocycles. The molecule has 0 spiro atoms. The molecule has 0 unspecified atom stereocenters. The lowest BCUT2D eigenvalue weighted by molar-refractivity contribution is 0.0595. The summed E-state index contributed by atoms with van der Waals surface area (Å²) in [6.07, 6.45) is 1.59. The largest absolute Gasteiger partial charge is 0.464 e. The Balaban J connectivity index is 1.76. The maximum absolute atomic E-state index is 11.4. The van der Waals surface area contributed by atoms with Gasteiger partial charge in [-0.25, -0.2) is 4.79 Å². The third-order valence-electron chi connectivity index (χ3n) is 3.58. The van der Waals surface area contributed by atoms with Crippen LogP contribution in [0.1, 0.15) is 27.4 Å². The van der Waals surface area contributed by atoms with Crippen LogP contribution in [0.3, 0.4) is 0 Å². The first-order valence-electron chi connectivity index (χ1n) is 7.14. The van der Waals surface area contributed by atoms with Crippen LogP contribution in [0.4, 0.5) is 5.69 Å². The molecule has 6 heteroatoms. The first kappa shape index (κ1) is 14.9. The lowest BCUT2D eigenvalue weighted by Crippen LogP contribution is -2.00. The summed E-state index contributed by atoms with van der Waals surface area (Å²) in [5.74, 6) is 0.157. The summed E-state index contributed by atoms with van der Waals surface area (Å²) in [6, 6.07) is 9.54. The minimum absolute atomic E-state index is 0.360. The summed E-state index contributed by atoms with van der Waals surface area (Å²) in [5, 5.41) is 5.00. The third kappa shape index (κ3) is 2.96. The van der Waals surface area contributed by atoms with Gasteiger partial charge >= 0.3 is 5.97 Å². The smallest absolute Gasteiger partial charge is 0.354 e. The van der Waals surface area contributed by atoms with Crippen LogP contribution >= 0.6 is 0 Å². The van der Waals surface area contributed by atoms with Gasteiger partial charge in [0.1, 0.15) is 11.5 Å². The van der Waals surface area contributed by atoms with E-state index in [1.54, 1.807) is 18.3 Å². The molecule has 0 radical (unpaired) electrons. The highest BCUT2D eigenvalue weighted by Crippen LogP contribution is 2.21. The number of fused-ring (bicyclic) bond motifs is 1. The summed E-state index contributed by atoms with van der Waals surface area (Å²) in [5.41, 5.74) is 7.13. The molecule has 0 amide bonds. The molecule has 0 aliphatic rings. The van der Waals surface area contributed by atoms with Gasteiger partial charge in [0.25, 0.3) is 0 Å². The molecular weight excluding hydrogens is 294 g/mol. The van der Waals surface area contributed by atoms with Gasteiger partial charge in [0.05, 0.1) is 19.0 Å². The third-order valence-corrected chi connectivity index (χ3v) is 3.58. The number of esters is 1. The summed E-state index contributed by atoms with van der Waals surface area (Å²) in [6.45, 7) is 4.05. The molecule has 0 saturated carbocycles. The monoisotopic (exact) mass is 311 g/mol. The standard InChI is InChI=1S/C17H17N3O3/c1-10-5-4-6-11(2)15(10)20-18-9-13-7-12-8-14(17(21)22-3)19-16(12)23-13/h4-9,19-20H,1-3H3. The quantitative estimate of drug-likeness (QED) is 0.438. The lowest BCUT2D eigenvalue weighted by atomic mass is 10.1. The number of hydrogen-bond donors (Lipinski definition) is 2. The van der Waals surface area contributed by atoms with Crippen molar-refractivity contribution in [3.8, 4) is 0 Å². The van der Waals surface area contributed by atoms with E-state index >= 15 is 0 Å². The second kappa shape index (κ2) is 6.00. The summed E-state index contributed by atoms with van der Waals surface area (Å²) in [7, 11) is 1.34. The highest BCUT2D eigenvalue weighted by molar-refractivity contribution is 5.95. The molecule has 0 atom stereocenters. The molecule has 3 aromatic rings. The Kier molecular flexibility index (Phi) is 3.89. The average molecular weight is 311 g/mol. The number of furan rings is 1. The van der Waals surface area contributed by atoms with Gasteiger partial charge in [0.2, 0.25) is 5.71 Å². The van der Waals surface area contributed by atoms with E-state index in [2.05, 4.69) is 20.2 Å². The molecule has 2 heterocycles. The van der Waals surface area contributed by atoms with Crippen molar-refractivity contribution in [1.29, 1.82) is 0 Å². The molecule has 0 fully saturated rings. The fourth-order valence-corrected chi connectivity index (χ4v) is 2.38. The second-order valence-electron chi connectivity index (χ2n) is 5.24. The second-order valence-corrected chi connectivity index (χ2v) is 5.24. The fourth-order valence-electron chi connectivity index (χ4n) is 2.38. The molecule has 2 aromatic heterocycles. The number of methoxy groups -OCH3 is 1. The van der Waals surface area contributed by atoms with E-state index in [4.69, 9.17) is 4.42 Å². The highest BCUT2D eigenvalue weighted by Gasteiger charge is 2.12. The Labute approximate surface area is 133 Å². The topological polar surface area (TPSA) is 79.6 Å². The number of ether oxygens (including phenoxy) is 1. The van der Waals surface area contributed by atoms with Crippen LogP contribution in [0.25, 0.3) is 11.1 Å². The Hall–Kier alpha value is -3.02. The van der Waals surface area contributed by atoms with Crippen LogP contribution in [-0.2, 0) is 4.74 Å². The molecule has 1 aromatic carbocycles. The van der Waals surface area contributed by atoms with Gasteiger partial charge in [0.15, 0.2) is 0 Å². The van der Waals surface area contributed by atoms with Crippen molar-refractivity contribution >= 4 is 29.0 Å². The predicted molar refractivity (Wildman–Crippen MR) is 89.0 cm³/mol. The molecule has 118 valence electrons. The fraction of sp³-hybridized carbons (Fsp3) is 0.176. The van der Waals surface area contributed by atoms with Crippen LogP contribution in [0.5, 0.6) is 0 Å². The van der Waals surface area contributed by atoms with Crippen molar-refractivity contribution < 1.29 is 13.9 Å². The number of nitrogens with zero attached hydrogens (tertiary/aromatic N) is 1. The number of nitrogens with one attached hydrogen (secondary N) is 2. The van der Waals surface area contributed by atoms with E-state index in [0.717, 1.165) is 22.2 Å². The molecule has 6 nitrogen and oxygen atoms in total. The van der Waals surface area contributed by atoms with Crippen LogP contribution in [0.2, 0.25) is 0 Å². The van der Waals surface area contributed by atoms with Gasteiger partial charge in [-0.15, -0.1) is 0 Å². The lowest BCUT2D eigenvalue weighted by Gasteiger charge is -2.07. The zero-order valence-corrected chi connectivity index (χ0v) is 13.1. The maximum atomic E-state index is 11.4. The molecular formula is C17H17N3O3. The normalized spacial score (nSPS) is 11.3. The Morgan fingerprint density at radius 3 is 2.70 bits per heavy atom. The van der Waals surface area contributed by atoms with Gasteiger partial charge in [-0.3, -0.25) is 5.43 Å². The number of para-hydroxylation sites is 1. The van der Waals surface area contributed by atoms with Crippen LogP contribution in [-0.4, -0.2) is 24.3 Å². The van der Waals surface area contributed by atoms with Gasteiger partial charge in [-0.05, 0) is 37.1 Å². The minimum atomic E-state index is -0.427. The average Bonchev–Trinajstić information content (AvgIpc) is 3.08. The van der Waals surface area contributed by atoms with Gasteiger partial charge in [-0.2, -0.15) is 5.10 Å². The maximum Gasteiger partial charge on any atom is 0.354 e. The van der Waals surface area contributed by atoms with E-state index in [1.807, 2.05) is 32.0 Å². The van der Waals surface area contributed by atoms with Gasteiger partial charge in [-0.1, -0.05) is 18.2 Å². The minimum Gasteiger partial charge on any atom is -0.464 e. The summed E-state index contributed by atoms with van der Waals surface area (Å²) < 4.78 is 10.2. The molecule has 0 aliphatic carbocycles. The number of hydrazone groups is 1. The molecule has 0 bridgehead atoms. The SMILES string of the molecule is COC(=O)c1cc2cc(C=NNc3c(C)cccc3C)oc2[nH]1. The number of rotatable bonds is 4. The zero-order valence-electron chi connectivity index (χ0n) is 13.1. The first-order valence-corrected chi connectivity index (χ1v) is 7.14. The number of H-pyrrole nitrogens is 1. The first-order chi connectivity index (χ1) is 11.1. The number of aryl methyl sites for hydroxylation is 2. The Morgan fingerprint density at radius 2 is 2.04 bits per heavy atom. The number of carbonyl (C=O) groups is 1. The number of hydrogen-bond acceptors (Lipinski definition) is 5. The molecule has 23 heavy (non-hydrogen) atoms. The summed E-state index contributed by atoms with van der Waals surface area (Å²) >= 11 is 0. The zero-order chi connectivity index (χ0) is 16.4. The number of aromatic nitrogens is 1. The molecule has 0 saturated heterocycles. The number of carbonyl (C=O) groups excluding carboxylic acids is 1. The molecule has 2 N–H and O–H groups in total.